The van der Waals surface area contributed by atoms with Gasteiger partial charge in [0.25, 0.3) is 0 Å². The maximum absolute atomic E-state index is 9.55. The molecule has 0 spiro atoms. The van der Waals surface area contributed by atoms with Crippen LogP contribution in [0.1, 0.15) is 26.2 Å². The Labute approximate surface area is 56.3 Å². The van der Waals surface area contributed by atoms with Crippen LogP contribution in [-0.2, 0) is 0 Å². The van der Waals surface area contributed by atoms with Crippen molar-refractivity contribution < 1.29 is 5.11 Å². The Morgan fingerprint density at radius 3 is 2.67 bits per heavy atom. The van der Waals surface area contributed by atoms with Crippen molar-refractivity contribution in [2.45, 2.75) is 37.8 Å². The lowest BCUT2D eigenvalue weighted by Crippen LogP contribution is -2.41. The monoisotopic (exact) mass is 128 g/mol. The van der Waals surface area contributed by atoms with Crippen molar-refractivity contribution in [3.8, 4) is 0 Å². The summed E-state index contributed by atoms with van der Waals surface area (Å²) in [6.07, 6.45) is 3.07. The zero-order valence-electron chi connectivity index (χ0n) is 5.85. The van der Waals surface area contributed by atoms with E-state index in [0.717, 1.165) is 19.3 Å². The minimum absolute atomic E-state index is 0.206. The highest BCUT2D eigenvalue weighted by Crippen LogP contribution is 2.28. The van der Waals surface area contributed by atoms with Gasteiger partial charge in [0.15, 0.2) is 0 Å². The fourth-order valence-corrected chi connectivity index (χ4v) is 1.47. The Morgan fingerprint density at radius 2 is 2.44 bits per heavy atom. The minimum atomic E-state index is -0.512. The quantitative estimate of drug-likeness (QED) is 0.544. The number of nitrogens with one attached hydrogen (secondary N) is 1. The zero-order valence-corrected chi connectivity index (χ0v) is 5.85. The minimum Gasteiger partial charge on any atom is -0.389 e. The summed E-state index contributed by atoms with van der Waals surface area (Å²) in [5, 5.41) is 12.4. The highest BCUT2D eigenvalue weighted by atomic mass is 16.3. The molecule has 2 N–H and O–H groups in total. The standard InChI is InChI=1S/C7H14NO/c1-7(9)5-3-4-6(7)8-2/h6,8-9H,2-5H2,1H3/t6?,7-/m1/s1. The van der Waals surface area contributed by atoms with E-state index < -0.39 is 5.60 Å². The Bertz CT molecular complexity index is 101. The van der Waals surface area contributed by atoms with Gasteiger partial charge in [0.05, 0.1) is 5.60 Å². The van der Waals surface area contributed by atoms with Gasteiger partial charge in [-0.3, -0.25) is 0 Å². The molecule has 1 rings (SSSR count). The highest BCUT2D eigenvalue weighted by Gasteiger charge is 2.35. The summed E-state index contributed by atoms with van der Waals surface area (Å²) in [5.74, 6) is 0. The van der Waals surface area contributed by atoms with Crippen LogP contribution in [0.2, 0.25) is 0 Å². The second-order valence-electron chi connectivity index (χ2n) is 3.01. The molecule has 0 aromatic heterocycles. The third kappa shape index (κ3) is 1.25. The van der Waals surface area contributed by atoms with Crippen LogP contribution < -0.4 is 5.32 Å². The van der Waals surface area contributed by atoms with E-state index in [-0.39, 0.29) is 6.04 Å². The molecule has 1 aliphatic rings. The maximum Gasteiger partial charge on any atom is 0.0772 e. The van der Waals surface area contributed by atoms with Crippen LogP contribution in [0.3, 0.4) is 0 Å². The van der Waals surface area contributed by atoms with Gasteiger partial charge in [0.2, 0.25) is 0 Å². The molecule has 1 saturated carbocycles. The van der Waals surface area contributed by atoms with Crippen molar-refractivity contribution in [3.05, 3.63) is 7.05 Å². The second-order valence-corrected chi connectivity index (χ2v) is 3.01. The van der Waals surface area contributed by atoms with Gasteiger partial charge in [-0.05, 0) is 26.2 Å². The van der Waals surface area contributed by atoms with Crippen LogP contribution in [0, 0.1) is 7.05 Å². The molecule has 0 aromatic carbocycles. The summed E-state index contributed by atoms with van der Waals surface area (Å²) in [4.78, 5) is 0. The fraction of sp³-hybridized carbons (Fsp3) is 0.857. The molecule has 0 aromatic rings. The smallest absolute Gasteiger partial charge is 0.0772 e. The van der Waals surface area contributed by atoms with E-state index in [1.807, 2.05) is 6.92 Å². The predicted octanol–water partition coefficient (Wildman–Crippen LogP) is 0.671. The van der Waals surface area contributed by atoms with Crippen LogP contribution >= 0.6 is 0 Å². The molecule has 0 saturated heterocycles. The van der Waals surface area contributed by atoms with Crippen molar-refractivity contribution >= 4 is 0 Å². The van der Waals surface area contributed by atoms with Crippen LogP contribution in [0.5, 0.6) is 0 Å². The SMILES string of the molecule is [CH2]NC1CCC[C@@]1(C)O. The summed E-state index contributed by atoms with van der Waals surface area (Å²) >= 11 is 0. The first-order valence-corrected chi connectivity index (χ1v) is 3.42. The van der Waals surface area contributed by atoms with Crippen LogP contribution in [0.4, 0.5) is 0 Å². The lowest BCUT2D eigenvalue weighted by molar-refractivity contribution is 0.0435. The first kappa shape index (κ1) is 7.03. The van der Waals surface area contributed by atoms with Gasteiger partial charge in [0, 0.05) is 13.1 Å². The third-order valence-electron chi connectivity index (χ3n) is 2.17. The highest BCUT2D eigenvalue weighted by molar-refractivity contribution is 4.93. The summed E-state index contributed by atoms with van der Waals surface area (Å²) in [7, 11) is 3.55. The molecule has 0 amide bonds. The molecular formula is C7H14NO. The first-order valence-electron chi connectivity index (χ1n) is 3.42. The molecule has 0 heterocycles. The molecule has 53 valence electrons. The maximum atomic E-state index is 9.55. The van der Waals surface area contributed by atoms with Gasteiger partial charge < -0.3 is 10.4 Å². The lowest BCUT2D eigenvalue weighted by Gasteiger charge is -2.24. The predicted molar refractivity (Wildman–Crippen MR) is 36.8 cm³/mol. The number of rotatable bonds is 1. The van der Waals surface area contributed by atoms with E-state index in [4.69, 9.17) is 0 Å². The first-order chi connectivity index (χ1) is 4.17. The molecule has 2 heteroatoms. The topological polar surface area (TPSA) is 32.3 Å². The number of hydrogen-bond acceptors (Lipinski definition) is 2. The lowest BCUT2D eigenvalue weighted by atomic mass is 10.0. The van der Waals surface area contributed by atoms with E-state index in [1.165, 1.54) is 0 Å². The molecule has 2 nitrogen and oxygen atoms in total. The van der Waals surface area contributed by atoms with Crippen LogP contribution in [-0.4, -0.2) is 16.7 Å². The summed E-state index contributed by atoms with van der Waals surface area (Å²) in [6, 6.07) is 0.206. The Balaban J connectivity index is 2.52. The van der Waals surface area contributed by atoms with E-state index in [9.17, 15) is 5.11 Å². The molecule has 0 aliphatic heterocycles. The number of aliphatic hydroxyl groups is 1. The molecule has 1 fully saturated rings. The van der Waals surface area contributed by atoms with Gasteiger partial charge >= 0.3 is 0 Å². The van der Waals surface area contributed by atoms with E-state index in [1.54, 1.807) is 0 Å². The Kier molecular flexibility index (Phi) is 1.78. The average molecular weight is 128 g/mol. The molecule has 1 radical (unpaired) electrons. The van der Waals surface area contributed by atoms with Crippen molar-refractivity contribution in [2.75, 3.05) is 0 Å². The average Bonchev–Trinajstić information content (AvgIpc) is 2.08. The number of hydrogen-bond donors (Lipinski definition) is 2. The molecule has 1 unspecified atom stereocenters. The van der Waals surface area contributed by atoms with E-state index >= 15 is 0 Å². The molecule has 0 bridgehead atoms. The Morgan fingerprint density at radius 1 is 1.78 bits per heavy atom. The van der Waals surface area contributed by atoms with Gasteiger partial charge in [-0.1, -0.05) is 0 Å². The molecule has 1 aliphatic carbocycles. The second kappa shape index (κ2) is 2.27. The van der Waals surface area contributed by atoms with Crippen molar-refractivity contribution in [1.29, 1.82) is 0 Å². The molecular weight excluding hydrogens is 114 g/mol. The Hall–Kier alpha value is -0.0800. The summed E-state index contributed by atoms with van der Waals surface area (Å²) in [6.45, 7) is 1.86. The van der Waals surface area contributed by atoms with Gasteiger partial charge in [-0.15, -0.1) is 0 Å². The van der Waals surface area contributed by atoms with Crippen LogP contribution in [0.15, 0.2) is 0 Å². The van der Waals surface area contributed by atoms with Gasteiger partial charge in [-0.2, -0.15) is 0 Å². The molecule has 2 atom stereocenters. The van der Waals surface area contributed by atoms with Crippen molar-refractivity contribution in [2.24, 2.45) is 0 Å². The van der Waals surface area contributed by atoms with E-state index in [2.05, 4.69) is 12.4 Å². The summed E-state index contributed by atoms with van der Waals surface area (Å²) < 4.78 is 0. The van der Waals surface area contributed by atoms with Crippen LogP contribution in [0.25, 0.3) is 0 Å². The third-order valence-corrected chi connectivity index (χ3v) is 2.17. The largest absolute Gasteiger partial charge is 0.389 e. The fourth-order valence-electron chi connectivity index (χ4n) is 1.47. The van der Waals surface area contributed by atoms with Gasteiger partial charge in [0.1, 0.15) is 0 Å². The normalized spacial score (nSPS) is 43.7. The van der Waals surface area contributed by atoms with E-state index in [0.29, 0.717) is 0 Å². The van der Waals surface area contributed by atoms with Crippen molar-refractivity contribution in [3.63, 3.8) is 0 Å². The summed E-state index contributed by atoms with van der Waals surface area (Å²) in [5.41, 5.74) is -0.512. The van der Waals surface area contributed by atoms with Crippen molar-refractivity contribution in [1.82, 2.24) is 5.32 Å². The zero-order chi connectivity index (χ0) is 6.91. The van der Waals surface area contributed by atoms with Gasteiger partial charge in [-0.25, -0.2) is 0 Å². The molecule has 9 heavy (non-hydrogen) atoms.